The van der Waals surface area contributed by atoms with Gasteiger partial charge in [0.25, 0.3) is 0 Å². The SMILES string of the molecule is COCC(Cc1ccccc1)NS(=O)(=O)c1ccc(OC(F)(F)F)cc1. The third-order valence-electron chi connectivity index (χ3n) is 3.38. The van der Waals surface area contributed by atoms with Crippen molar-refractivity contribution in [2.24, 2.45) is 0 Å². The van der Waals surface area contributed by atoms with Crippen molar-refractivity contribution in [3.63, 3.8) is 0 Å². The molecular weight excluding hydrogens is 371 g/mol. The first-order valence-corrected chi connectivity index (χ1v) is 9.09. The van der Waals surface area contributed by atoms with E-state index in [0.717, 1.165) is 29.8 Å². The van der Waals surface area contributed by atoms with Gasteiger partial charge in [-0.25, -0.2) is 13.1 Å². The summed E-state index contributed by atoms with van der Waals surface area (Å²) in [5.74, 6) is -0.492. The fourth-order valence-corrected chi connectivity index (χ4v) is 3.56. The Labute approximate surface area is 149 Å². The normalized spacial score (nSPS) is 13.4. The minimum Gasteiger partial charge on any atom is -0.406 e. The van der Waals surface area contributed by atoms with Crippen LogP contribution in [0.5, 0.6) is 5.75 Å². The van der Waals surface area contributed by atoms with Crippen LogP contribution in [0.2, 0.25) is 0 Å². The minimum atomic E-state index is -4.84. The Morgan fingerprint density at radius 1 is 1.04 bits per heavy atom. The summed E-state index contributed by atoms with van der Waals surface area (Å²) in [6.45, 7) is 0.142. The highest BCUT2D eigenvalue weighted by atomic mass is 32.2. The summed E-state index contributed by atoms with van der Waals surface area (Å²) in [5, 5.41) is 0. The first-order chi connectivity index (χ1) is 12.2. The lowest BCUT2D eigenvalue weighted by Crippen LogP contribution is -2.39. The molecule has 26 heavy (non-hydrogen) atoms. The van der Waals surface area contributed by atoms with Crippen LogP contribution in [0.25, 0.3) is 0 Å². The maximum Gasteiger partial charge on any atom is 0.573 e. The van der Waals surface area contributed by atoms with E-state index in [1.165, 1.54) is 7.11 Å². The van der Waals surface area contributed by atoms with Crippen LogP contribution in [0.3, 0.4) is 0 Å². The van der Waals surface area contributed by atoms with Gasteiger partial charge in [-0.15, -0.1) is 13.2 Å². The van der Waals surface area contributed by atoms with Gasteiger partial charge in [-0.05, 0) is 36.2 Å². The second kappa shape index (κ2) is 8.52. The number of benzene rings is 2. The zero-order chi connectivity index (χ0) is 19.2. The lowest BCUT2D eigenvalue weighted by atomic mass is 10.1. The fourth-order valence-electron chi connectivity index (χ4n) is 2.34. The number of hydrogen-bond donors (Lipinski definition) is 1. The molecule has 0 fully saturated rings. The maximum absolute atomic E-state index is 12.5. The van der Waals surface area contributed by atoms with E-state index in [4.69, 9.17) is 4.74 Å². The lowest BCUT2D eigenvalue weighted by molar-refractivity contribution is -0.274. The summed E-state index contributed by atoms with van der Waals surface area (Å²) >= 11 is 0. The smallest absolute Gasteiger partial charge is 0.406 e. The summed E-state index contributed by atoms with van der Waals surface area (Å²) in [5.41, 5.74) is 0.922. The number of nitrogens with one attached hydrogen (secondary N) is 1. The summed E-state index contributed by atoms with van der Waals surface area (Å²) in [6, 6.07) is 12.7. The van der Waals surface area contributed by atoms with E-state index in [1.807, 2.05) is 30.3 Å². The van der Waals surface area contributed by atoms with Crippen LogP contribution in [0.15, 0.2) is 59.5 Å². The zero-order valence-electron chi connectivity index (χ0n) is 13.9. The van der Waals surface area contributed by atoms with Gasteiger partial charge in [-0.3, -0.25) is 0 Å². The molecule has 2 rings (SSSR count). The van der Waals surface area contributed by atoms with Crippen LogP contribution in [-0.4, -0.2) is 34.5 Å². The summed E-state index contributed by atoms with van der Waals surface area (Å²) < 4.78 is 72.8. The molecule has 142 valence electrons. The van der Waals surface area contributed by atoms with Crippen molar-refractivity contribution < 1.29 is 31.1 Å². The van der Waals surface area contributed by atoms with Gasteiger partial charge in [0, 0.05) is 13.2 Å². The monoisotopic (exact) mass is 389 g/mol. The minimum absolute atomic E-state index is 0.142. The molecule has 5 nitrogen and oxygen atoms in total. The first-order valence-electron chi connectivity index (χ1n) is 7.60. The molecule has 0 spiro atoms. The summed E-state index contributed by atoms with van der Waals surface area (Å²) in [6.07, 6.45) is -4.43. The van der Waals surface area contributed by atoms with E-state index < -0.39 is 28.2 Å². The van der Waals surface area contributed by atoms with Crippen LogP contribution in [0.1, 0.15) is 5.56 Å². The maximum atomic E-state index is 12.5. The molecule has 0 aliphatic carbocycles. The first kappa shape index (κ1) is 20.2. The fraction of sp³-hybridized carbons (Fsp3) is 0.294. The molecule has 0 radical (unpaired) electrons. The topological polar surface area (TPSA) is 64.6 Å². The Bertz CT molecular complexity index is 793. The number of halogens is 3. The van der Waals surface area contributed by atoms with Crippen molar-refractivity contribution in [2.75, 3.05) is 13.7 Å². The van der Waals surface area contributed by atoms with Crippen molar-refractivity contribution in [1.29, 1.82) is 0 Å². The molecule has 9 heteroatoms. The van der Waals surface area contributed by atoms with Crippen molar-refractivity contribution in [3.05, 3.63) is 60.2 Å². The highest BCUT2D eigenvalue weighted by Crippen LogP contribution is 2.24. The van der Waals surface area contributed by atoms with Gasteiger partial charge in [0.1, 0.15) is 5.75 Å². The van der Waals surface area contributed by atoms with Crippen molar-refractivity contribution in [3.8, 4) is 5.75 Å². The highest BCUT2D eigenvalue weighted by molar-refractivity contribution is 7.89. The van der Waals surface area contributed by atoms with E-state index in [-0.39, 0.29) is 11.5 Å². The van der Waals surface area contributed by atoms with Gasteiger partial charge in [-0.2, -0.15) is 0 Å². The predicted molar refractivity (Wildman–Crippen MR) is 89.3 cm³/mol. The molecule has 0 bridgehead atoms. The Hall–Kier alpha value is -2.10. The molecule has 1 unspecified atom stereocenters. The van der Waals surface area contributed by atoms with Crippen LogP contribution in [0, 0.1) is 0 Å². The van der Waals surface area contributed by atoms with E-state index in [9.17, 15) is 21.6 Å². The largest absolute Gasteiger partial charge is 0.573 e. The number of hydrogen-bond acceptors (Lipinski definition) is 4. The quantitative estimate of drug-likeness (QED) is 0.754. The molecule has 0 saturated carbocycles. The molecule has 0 aliphatic heterocycles. The number of ether oxygens (including phenoxy) is 2. The Balaban J connectivity index is 2.11. The Kier molecular flexibility index (Phi) is 6.63. The third-order valence-corrected chi connectivity index (χ3v) is 4.92. The van der Waals surface area contributed by atoms with Gasteiger partial charge >= 0.3 is 6.36 Å². The molecule has 0 amide bonds. The van der Waals surface area contributed by atoms with Gasteiger partial charge in [0.15, 0.2) is 0 Å². The van der Waals surface area contributed by atoms with Crippen LogP contribution in [0.4, 0.5) is 13.2 Å². The summed E-state index contributed by atoms with van der Waals surface area (Å²) in [7, 11) is -2.48. The molecule has 0 heterocycles. The molecule has 0 aliphatic rings. The van der Waals surface area contributed by atoms with Gasteiger partial charge in [0.05, 0.1) is 11.5 Å². The molecule has 1 atom stereocenters. The molecule has 0 saturated heterocycles. The van der Waals surface area contributed by atoms with E-state index in [2.05, 4.69) is 9.46 Å². The van der Waals surface area contributed by atoms with Gasteiger partial charge in [0.2, 0.25) is 10.0 Å². The third kappa shape index (κ3) is 6.32. The van der Waals surface area contributed by atoms with E-state index >= 15 is 0 Å². The van der Waals surface area contributed by atoms with Gasteiger partial charge < -0.3 is 9.47 Å². The molecule has 2 aromatic rings. The van der Waals surface area contributed by atoms with Crippen LogP contribution < -0.4 is 9.46 Å². The second-order valence-electron chi connectivity index (χ2n) is 5.48. The Morgan fingerprint density at radius 2 is 1.65 bits per heavy atom. The molecule has 2 aromatic carbocycles. The average molecular weight is 389 g/mol. The summed E-state index contributed by atoms with van der Waals surface area (Å²) in [4.78, 5) is -0.166. The average Bonchev–Trinajstić information content (AvgIpc) is 2.54. The Morgan fingerprint density at radius 3 is 2.19 bits per heavy atom. The van der Waals surface area contributed by atoms with Crippen molar-refractivity contribution in [2.45, 2.75) is 23.7 Å². The zero-order valence-corrected chi connectivity index (χ0v) is 14.7. The highest BCUT2D eigenvalue weighted by Gasteiger charge is 2.31. The number of methoxy groups -OCH3 is 1. The number of sulfonamides is 1. The number of alkyl halides is 3. The van der Waals surface area contributed by atoms with E-state index in [1.54, 1.807) is 0 Å². The van der Waals surface area contributed by atoms with Crippen molar-refractivity contribution >= 4 is 10.0 Å². The second-order valence-corrected chi connectivity index (χ2v) is 7.20. The lowest BCUT2D eigenvalue weighted by Gasteiger charge is -2.18. The molecule has 0 aromatic heterocycles. The number of rotatable bonds is 8. The van der Waals surface area contributed by atoms with Gasteiger partial charge in [-0.1, -0.05) is 30.3 Å². The van der Waals surface area contributed by atoms with E-state index in [0.29, 0.717) is 6.42 Å². The standard InChI is InChI=1S/C17H18F3NO4S/c1-24-12-14(11-13-5-3-2-4-6-13)21-26(22,23)16-9-7-15(8-10-16)25-17(18,19)20/h2-10,14,21H,11-12H2,1H3. The predicted octanol–water partition coefficient (Wildman–Crippen LogP) is 3.12. The van der Waals surface area contributed by atoms with Crippen LogP contribution >= 0.6 is 0 Å². The van der Waals surface area contributed by atoms with Crippen LogP contribution in [-0.2, 0) is 21.2 Å². The molecular formula is C17H18F3NO4S. The van der Waals surface area contributed by atoms with Crippen molar-refractivity contribution in [1.82, 2.24) is 4.72 Å². The molecule has 1 N–H and O–H groups in total.